The van der Waals surface area contributed by atoms with Crippen LogP contribution in [0.4, 0.5) is 11.4 Å². The van der Waals surface area contributed by atoms with Gasteiger partial charge in [-0.25, -0.2) is 0 Å². The molecule has 0 radical (unpaired) electrons. The number of aryl methyl sites for hydroxylation is 1. The first-order valence-corrected chi connectivity index (χ1v) is 15.4. The molecular formula is C39H36N2O3. The Kier molecular flexibility index (Phi) is 6.65. The summed E-state index contributed by atoms with van der Waals surface area (Å²) in [6, 6.07) is 29.3. The van der Waals surface area contributed by atoms with Crippen LogP contribution in [-0.4, -0.2) is 29.6 Å². The highest BCUT2D eigenvalue weighted by atomic mass is 16.2. The number of Topliss-reactive ketones (excluding diaryl/α,β-unsaturated/α-hetero) is 2. The third-order valence-electron chi connectivity index (χ3n) is 9.62. The number of fused-ring (bicyclic) bond motifs is 6. The van der Waals surface area contributed by atoms with E-state index in [-0.39, 0.29) is 17.5 Å². The van der Waals surface area contributed by atoms with E-state index in [0.29, 0.717) is 22.7 Å². The van der Waals surface area contributed by atoms with Crippen LogP contribution in [0.25, 0.3) is 5.57 Å². The lowest BCUT2D eigenvalue weighted by Gasteiger charge is -2.39. The fourth-order valence-corrected chi connectivity index (χ4v) is 7.78. The van der Waals surface area contributed by atoms with Crippen LogP contribution in [-0.2, 0) is 16.6 Å². The largest absolute Gasteiger partial charge is 0.352 e. The van der Waals surface area contributed by atoms with Crippen LogP contribution in [0, 0.1) is 18.8 Å². The smallest absolute Gasteiger partial charge is 0.238 e. The van der Waals surface area contributed by atoms with Crippen molar-refractivity contribution in [3.05, 3.63) is 137 Å². The van der Waals surface area contributed by atoms with Crippen LogP contribution >= 0.6 is 0 Å². The Hall–Kier alpha value is -4.77. The SMILES string of the molecule is CC1=C[C@@H]2N(c3ccc(C)cc31)[C@H](C(=O)c1ccccc1)[C@H](C(=O)c1ccc(CC(C)C)cc1)[C@]21C(=O)Nc2ccccc21. The molecule has 1 fully saturated rings. The number of carbonyl (C=O) groups is 3. The van der Waals surface area contributed by atoms with Gasteiger partial charge in [0, 0.05) is 28.1 Å². The molecule has 0 unspecified atom stereocenters. The van der Waals surface area contributed by atoms with E-state index in [1.807, 2.05) is 85.8 Å². The van der Waals surface area contributed by atoms with E-state index >= 15 is 4.79 Å². The maximum Gasteiger partial charge on any atom is 0.238 e. The number of hydrogen-bond donors (Lipinski definition) is 1. The average Bonchev–Trinajstić information content (AvgIpc) is 3.49. The van der Waals surface area contributed by atoms with Crippen molar-refractivity contribution in [3.8, 4) is 0 Å². The maximum absolute atomic E-state index is 15.1. The minimum Gasteiger partial charge on any atom is -0.352 e. The molecular weight excluding hydrogens is 544 g/mol. The van der Waals surface area contributed by atoms with E-state index in [4.69, 9.17) is 0 Å². The topological polar surface area (TPSA) is 66.5 Å². The van der Waals surface area contributed by atoms with Gasteiger partial charge in [-0.05, 0) is 61.1 Å². The number of anilines is 2. The van der Waals surface area contributed by atoms with Crippen LogP contribution in [0.15, 0.2) is 103 Å². The summed E-state index contributed by atoms with van der Waals surface area (Å²) in [5.41, 5.74) is 6.33. The Bertz CT molecular complexity index is 1840. The number of ketones is 2. The molecule has 4 aromatic carbocycles. The third kappa shape index (κ3) is 4.10. The van der Waals surface area contributed by atoms with E-state index in [1.165, 1.54) is 0 Å². The molecule has 1 saturated heterocycles. The zero-order valence-corrected chi connectivity index (χ0v) is 25.5. The molecule has 1 amide bonds. The van der Waals surface area contributed by atoms with E-state index in [9.17, 15) is 9.59 Å². The molecule has 3 heterocycles. The molecule has 5 nitrogen and oxygen atoms in total. The molecule has 1 spiro atoms. The van der Waals surface area contributed by atoms with Gasteiger partial charge < -0.3 is 10.2 Å². The number of nitrogens with one attached hydrogen (secondary N) is 1. The summed E-state index contributed by atoms with van der Waals surface area (Å²) >= 11 is 0. The van der Waals surface area contributed by atoms with Gasteiger partial charge in [0.05, 0.1) is 12.0 Å². The van der Waals surface area contributed by atoms with Gasteiger partial charge in [-0.2, -0.15) is 0 Å². The van der Waals surface area contributed by atoms with Gasteiger partial charge in [0.1, 0.15) is 11.5 Å². The first-order chi connectivity index (χ1) is 21.2. The number of nitrogens with zero attached hydrogens (tertiary/aromatic N) is 1. The highest BCUT2D eigenvalue weighted by Crippen LogP contribution is 2.59. The fourth-order valence-electron chi connectivity index (χ4n) is 7.78. The molecule has 0 saturated carbocycles. The molecule has 4 aromatic rings. The predicted octanol–water partition coefficient (Wildman–Crippen LogP) is 7.44. The molecule has 0 aromatic heterocycles. The molecule has 3 aliphatic heterocycles. The Balaban J connectivity index is 1.51. The van der Waals surface area contributed by atoms with Crippen molar-refractivity contribution >= 4 is 34.4 Å². The summed E-state index contributed by atoms with van der Waals surface area (Å²) in [7, 11) is 0. The second kappa shape index (κ2) is 10.4. The minimum absolute atomic E-state index is 0.168. The normalized spacial score (nSPS) is 23.2. The van der Waals surface area contributed by atoms with Gasteiger partial charge in [-0.3, -0.25) is 14.4 Å². The van der Waals surface area contributed by atoms with Crippen molar-refractivity contribution in [1.82, 2.24) is 0 Å². The van der Waals surface area contributed by atoms with E-state index < -0.39 is 23.4 Å². The maximum atomic E-state index is 15.1. The van der Waals surface area contributed by atoms with Crippen molar-refractivity contribution in [3.63, 3.8) is 0 Å². The molecule has 1 N–H and O–H groups in total. The second-order valence-corrected chi connectivity index (χ2v) is 12.9. The number of para-hydroxylation sites is 1. The fraction of sp³-hybridized carbons (Fsp3) is 0.256. The molecule has 7 rings (SSSR count). The molecule has 3 aliphatic rings. The molecule has 4 atom stereocenters. The number of hydrogen-bond acceptors (Lipinski definition) is 4. The van der Waals surface area contributed by atoms with Crippen LogP contribution in [0.3, 0.4) is 0 Å². The lowest BCUT2D eigenvalue weighted by atomic mass is 9.64. The van der Waals surface area contributed by atoms with Gasteiger partial charge in [0.25, 0.3) is 0 Å². The molecule has 0 aliphatic carbocycles. The van der Waals surface area contributed by atoms with Crippen LogP contribution in [0.1, 0.15) is 63.7 Å². The van der Waals surface area contributed by atoms with Gasteiger partial charge >= 0.3 is 0 Å². The van der Waals surface area contributed by atoms with Crippen LogP contribution < -0.4 is 10.2 Å². The number of benzene rings is 4. The summed E-state index contributed by atoms with van der Waals surface area (Å²) < 4.78 is 0. The van der Waals surface area contributed by atoms with Crippen molar-refractivity contribution in [2.24, 2.45) is 11.8 Å². The standard InChI is InChI=1S/C39H36N2O3/c1-23(2)20-26-15-17-28(18-16-26)36(42)34-35(37(43)27-10-6-5-7-11-27)41-32-19-14-24(3)21-29(32)25(4)22-33(41)39(34)30-12-8-9-13-31(30)40-38(39)44/h5-19,21-23,33-35H,20H2,1-4H3,(H,40,44)/t33-,34+,35-,39+/m0/s1. The Morgan fingerprint density at radius 1 is 0.841 bits per heavy atom. The summed E-state index contributed by atoms with van der Waals surface area (Å²) in [5, 5.41) is 3.12. The summed E-state index contributed by atoms with van der Waals surface area (Å²) in [6.45, 7) is 8.44. The van der Waals surface area contributed by atoms with Gasteiger partial charge in [-0.15, -0.1) is 0 Å². The van der Waals surface area contributed by atoms with Gasteiger partial charge in [-0.1, -0.05) is 104 Å². The summed E-state index contributed by atoms with van der Waals surface area (Å²) in [4.78, 5) is 46.5. The average molecular weight is 581 g/mol. The van der Waals surface area contributed by atoms with Crippen molar-refractivity contribution < 1.29 is 14.4 Å². The molecule has 5 heteroatoms. The quantitative estimate of drug-likeness (QED) is 0.241. The van der Waals surface area contributed by atoms with Crippen LogP contribution in [0.2, 0.25) is 0 Å². The molecule has 44 heavy (non-hydrogen) atoms. The summed E-state index contributed by atoms with van der Waals surface area (Å²) in [5.74, 6) is -1.10. The first-order valence-electron chi connectivity index (χ1n) is 15.4. The van der Waals surface area contributed by atoms with E-state index in [1.54, 1.807) is 12.1 Å². The van der Waals surface area contributed by atoms with E-state index in [2.05, 4.69) is 43.1 Å². The van der Waals surface area contributed by atoms with E-state index in [0.717, 1.165) is 39.9 Å². The highest BCUT2D eigenvalue weighted by molar-refractivity contribution is 6.18. The highest BCUT2D eigenvalue weighted by Gasteiger charge is 2.70. The Morgan fingerprint density at radius 2 is 1.52 bits per heavy atom. The molecule has 0 bridgehead atoms. The van der Waals surface area contributed by atoms with Crippen molar-refractivity contribution in [2.45, 2.75) is 51.6 Å². The number of carbonyl (C=O) groups excluding carboxylic acids is 3. The second-order valence-electron chi connectivity index (χ2n) is 12.9. The van der Waals surface area contributed by atoms with Gasteiger partial charge in [0.15, 0.2) is 11.6 Å². The number of allylic oxidation sites excluding steroid dienone is 1. The zero-order chi connectivity index (χ0) is 30.7. The minimum atomic E-state index is -1.32. The lowest BCUT2D eigenvalue weighted by Crippen LogP contribution is -2.51. The van der Waals surface area contributed by atoms with Gasteiger partial charge in [0.2, 0.25) is 5.91 Å². The van der Waals surface area contributed by atoms with Crippen LogP contribution in [0.5, 0.6) is 0 Å². The number of amides is 1. The first kappa shape index (κ1) is 28.0. The number of rotatable bonds is 6. The monoisotopic (exact) mass is 580 g/mol. The Labute approximate surface area is 258 Å². The van der Waals surface area contributed by atoms with Crippen molar-refractivity contribution in [2.75, 3.05) is 10.2 Å². The molecule has 220 valence electrons. The van der Waals surface area contributed by atoms with Crippen molar-refractivity contribution in [1.29, 1.82) is 0 Å². The zero-order valence-electron chi connectivity index (χ0n) is 25.5. The lowest BCUT2D eigenvalue weighted by molar-refractivity contribution is -0.121. The predicted molar refractivity (Wildman–Crippen MR) is 175 cm³/mol. The Morgan fingerprint density at radius 3 is 2.25 bits per heavy atom. The third-order valence-corrected chi connectivity index (χ3v) is 9.62. The summed E-state index contributed by atoms with van der Waals surface area (Å²) in [6.07, 6.45) is 3.01.